The standard InChI is InChI=1S/C15H21BrN2O/c1-3-15(19)18-7-6-13(10-18)17-9-12-5-4-11(2)8-14(12)16/h4-5,8,13,17H,3,6-7,9-10H2,1-2H3/t13-/m1/s1. The largest absolute Gasteiger partial charge is 0.341 e. The lowest BCUT2D eigenvalue weighted by Crippen LogP contribution is -2.34. The summed E-state index contributed by atoms with van der Waals surface area (Å²) < 4.78 is 1.15. The molecular formula is C15H21BrN2O. The second-order valence-electron chi connectivity index (χ2n) is 5.15. The average Bonchev–Trinajstić information content (AvgIpc) is 2.85. The minimum atomic E-state index is 0.265. The van der Waals surface area contributed by atoms with E-state index in [2.05, 4.69) is 46.4 Å². The van der Waals surface area contributed by atoms with Crippen molar-refractivity contribution < 1.29 is 4.79 Å². The van der Waals surface area contributed by atoms with Crippen molar-refractivity contribution in [3.8, 4) is 0 Å². The van der Waals surface area contributed by atoms with Crippen molar-refractivity contribution >= 4 is 21.8 Å². The van der Waals surface area contributed by atoms with Crippen molar-refractivity contribution in [1.82, 2.24) is 10.2 Å². The lowest BCUT2D eigenvalue weighted by molar-refractivity contribution is -0.129. The fourth-order valence-electron chi connectivity index (χ4n) is 2.43. The number of hydrogen-bond acceptors (Lipinski definition) is 2. The highest BCUT2D eigenvalue weighted by atomic mass is 79.9. The van der Waals surface area contributed by atoms with Gasteiger partial charge in [-0.1, -0.05) is 35.0 Å². The van der Waals surface area contributed by atoms with Crippen LogP contribution in [0.5, 0.6) is 0 Å². The zero-order valence-electron chi connectivity index (χ0n) is 11.6. The number of likely N-dealkylation sites (tertiary alicyclic amines) is 1. The summed E-state index contributed by atoms with van der Waals surface area (Å²) in [6.45, 7) is 6.59. The quantitative estimate of drug-likeness (QED) is 0.923. The van der Waals surface area contributed by atoms with Crippen LogP contribution >= 0.6 is 15.9 Å². The van der Waals surface area contributed by atoms with Crippen LogP contribution in [0.25, 0.3) is 0 Å². The molecule has 0 unspecified atom stereocenters. The first-order valence-corrected chi connectivity index (χ1v) is 7.65. The Bertz CT molecular complexity index is 461. The van der Waals surface area contributed by atoms with Crippen LogP contribution in [-0.4, -0.2) is 29.9 Å². The molecular weight excluding hydrogens is 304 g/mol. The molecule has 0 aliphatic carbocycles. The molecule has 1 aromatic rings. The third-order valence-electron chi connectivity index (χ3n) is 3.63. The maximum atomic E-state index is 11.6. The van der Waals surface area contributed by atoms with Crippen LogP contribution in [0.2, 0.25) is 0 Å². The van der Waals surface area contributed by atoms with Gasteiger partial charge in [-0.05, 0) is 30.5 Å². The van der Waals surface area contributed by atoms with Crippen LogP contribution in [0.1, 0.15) is 30.9 Å². The number of hydrogen-bond donors (Lipinski definition) is 1. The Hall–Kier alpha value is -0.870. The van der Waals surface area contributed by atoms with E-state index in [-0.39, 0.29) is 5.91 Å². The summed E-state index contributed by atoms with van der Waals surface area (Å²) in [5, 5.41) is 3.54. The number of carbonyl (C=O) groups excluding carboxylic acids is 1. The van der Waals surface area contributed by atoms with Gasteiger partial charge in [0.2, 0.25) is 5.91 Å². The van der Waals surface area contributed by atoms with E-state index in [1.807, 2.05) is 11.8 Å². The highest BCUT2D eigenvalue weighted by Gasteiger charge is 2.24. The van der Waals surface area contributed by atoms with Gasteiger partial charge in [-0.3, -0.25) is 4.79 Å². The molecule has 0 aromatic heterocycles. The number of amides is 1. The van der Waals surface area contributed by atoms with Crippen LogP contribution < -0.4 is 5.32 Å². The molecule has 0 bridgehead atoms. The van der Waals surface area contributed by atoms with Gasteiger partial charge in [0.15, 0.2) is 0 Å². The van der Waals surface area contributed by atoms with Gasteiger partial charge < -0.3 is 10.2 Å². The molecule has 19 heavy (non-hydrogen) atoms. The van der Waals surface area contributed by atoms with E-state index in [4.69, 9.17) is 0 Å². The van der Waals surface area contributed by atoms with Crippen LogP contribution in [0.4, 0.5) is 0 Å². The highest BCUT2D eigenvalue weighted by Crippen LogP contribution is 2.19. The molecule has 104 valence electrons. The van der Waals surface area contributed by atoms with Gasteiger partial charge in [0.25, 0.3) is 0 Å². The summed E-state index contributed by atoms with van der Waals surface area (Å²) in [6, 6.07) is 6.84. The van der Waals surface area contributed by atoms with E-state index >= 15 is 0 Å². The van der Waals surface area contributed by atoms with E-state index in [0.29, 0.717) is 12.5 Å². The molecule has 0 spiro atoms. The Morgan fingerprint density at radius 3 is 3.00 bits per heavy atom. The first-order chi connectivity index (χ1) is 9.10. The third kappa shape index (κ3) is 3.80. The summed E-state index contributed by atoms with van der Waals surface area (Å²) in [6.07, 6.45) is 1.66. The molecule has 1 saturated heterocycles. The van der Waals surface area contributed by atoms with Gasteiger partial charge in [-0.15, -0.1) is 0 Å². The van der Waals surface area contributed by atoms with Crippen molar-refractivity contribution in [2.45, 2.75) is 39.3 Å². The highest BCUT2D eigenvalue weighted by molar-refractivity contribution is 9.10. The zero-order chi connectivity index (χ0) is 13.8. The molecule has 1 aromatic carbocycles. The maximum absolute atomic E-state index is 11.6. The average molecular weight is 325 g/mol. The van der Waals surface area contributed by atoms with Gasteiger partial charge in [-0.2, -0.15) is 0 Å². The summed E-state index contributed by atoms with van der Waals surface area (Å²) >= 11 is 3.60. The van der Waals surface area contributed by atoms with E-state index in [9.17, 15) is 4.79 Å². The smallest absolute Gasteiger partial charge is 0.222 e. The number of rotatable bonds is 4. The number of benzene rings is 1. The van der Waals surface area contributed by atoms with Crippen LogP contribution in [-0.2, 0) is 11.3 Å². The summed E-state index contributed by atoms with van der Waals surface area (Å²) in [5.74, 6) is 0.265. The fourth-order valence-corrected chi connectivity index (χ4v) is 3.06. The van der Waals surface area contributed by atoms with Crippen LogP contribution in [0.15, 0.2) is 22.7 Å². The zero-order valence-corrected chi connectivity index (χ0v) is 13.2. The Labute approximate surface area is 123 Å². The molecule has 3 nitrogen and oxygen atoms in total. The first-order valence-electron chi connectivity index (χ1n) is 6.86. The monoisotopic (exact) mass is 324 g/mol. The van der Waals surface area contributed by atoms with Crippen molar-refractivity contribution in [3.63, 3.8) is 0 Å². The Morgan fingerprint density at radius 2 is 2.32 bits per heavy atom. The predicted molar refractivity (Wildman–Crippen MR) is 81.0 cm³/mol. The molecule has 1 atom stereocenters. The number of halogens is 1. The molecule has 4 heteroatoms. The Kier molecular flexibility index (Phi) is 4.99. The van der Waals surface area contributed by atoms with Crippen molar-refractivity contribution in [3.05, 3.63) is 33.8 Å². The van der Waals surface area contributed by atoms with E-state index in [1.165, 1.54) is 11.1 Å². The Morgan fingerprint density at radius 1 is 1.53 bits per heavy atom. The number of aryl methyl sites for hydroxylation is 1. The van der Waals surface area contributed by atoms with Gasteiger partial charge in [-0.25, -0.2) is 0 Å². The number of carbonyl (C=O) groups is 1. The van der Waals surface area contributed by atoms with Gasteiger partial charge in [0.1, 0.15) is 0 Å². The SMILES string of the molecule is CCC(=O)N1CC[C@@H](NCc2ccc(C)cc2Br)C1. The molecule has 1 aliphatic heterocycles. The van der Waals surface area contributed by atoms with E-state index in [1.54, 1.807) is 0 Å². The maximum Gasteiger partial charge on any atom is 0.222 e. The molecule has 1 aliphatic rings. The topological polar surface area (TPSA) is 32.3 Å². The van der Waals surface area contributed by atoms with Crippen LogP contribution in [0.3, 0.4) is 0 Å². The van der Waals surface area contributed by atoms with Gasteiger partial charge >= 0.3 is 0 Å². The second-order valence-corrected chi connectivity index (χ2v) is 6.01. The minimum absolute atomic E-state index is 0.265. The third-order valence-corrected chi connectivity index (χ3v) is 4.37. The number of nitrogens with zero attached hydrogens (tertiary/aromatic N) is 1. The molecule has 0 saturated carbocycles. The van der Waals surface area contributed by atoms with Crippen molar-refractivity contribution in [2.75, 3.05) is 13.1 Å². The normalized spacial score (nSPS) is 18.9. The van der Waals surface area contributed by atoms with Crippen molar-refractivity contribution in [2.24, 2.45) is 0 Å². The lowest BCUT2D eigenvalue weighted by Gasteiger charge is -2.16. The molecule has 0 radical (unpaired) electrons. The second kappa shape index (κ2) is 6.53. The number of nitrogens with one attached hydrogen (secondary N) is 1. The molecule has 1 N–H and O–H groups in total. The summed E-state index contributed by atoms with van der Waals surface area (Å²) in [5.41, 5.74) is 2.53. The van der Waals surface area contributed by atoms with Gasteiger partial charge in [0.05, 0.1) is 0 Å². The predicted octanol–water partition coefficient (Wildman–Crippen LogP) is 2.86. The molecule has 2 rings (SSSR count). The minimum Gasteiger partial charge on any atom is -0.341 e. The Balaban J connectivity index is 1.85. The molecule has 1 fully saturated rings. The van der Waals surface area contributed by atoms with E-state index < -0.39 is 0 Å². The van der Waals surface area contributed by atoms with Crippen molar-refractivity contribution in [1.29, 1.82) is 0 Å². The first kappa shape index (κ1) is 14.5. The fraction of sp³-hybridized carbons (Fsp3) is 0.533. The molecule has 1 heterocycles. The molecule has 1 amide bonds. The summed E-state index contributed by atoms with van der Waals surface area (Å²) in [7, 11) is 0. The lowest BCUT2D eigenvalue weighted by atomic mass is 10.1. The summed E-state index contributed by atoms with van der Waals surface area (Å²) in [4.78, 5) is 13.6. The van der Waals surface area contributed by atoms with E-state index in [0.717, 1.165) is 30.5 Å². The van der Waals surface area contributed by atoms with Crippen LogP contribution in [0, 0.1) is 6.92 Å². The van der Waals surface area contributed by atoms with Gasteiger partial charge in [0, 0.05) is 36.6 Å².